The minimum atomic E-state index is 0.317. The number of hydrogen-bond donors (Lipinski definition) is 1. The first kappa shape index (κ1) is 13.0. The van der Waals surface area contributed by atoms with Gasteiger partial charge in [0.15, 0.2) is 11.5 Å². The second kappa shape index (κ2) is 5.94. The van der Waals surface area contributed by atoms with E-state index >= 15 is 0 Å². The van der Waals surface area contributed by atoms with Crippen molar-refractivity contribution in [3.05, 3.63) is 44.6 Å². The highest BCUT2D eigenvalue weighted by Crippen LogP contribution is 2.36. The summed E-state index contributed by atoms with van der Waals surface area (Å²) in [5, 5.41) is 5.57. The summed E-state index contributed by atoms with van der Waals surface area (Å²) in [5.74, 6) is 1.65. The maximum Gasteiger partial charge on any atom is 0.231 e. The second-order valence-electron chi connectivity index (χ2n) is 4.30. The maximum atomic E-state index is 5.39. The number of rotatable bonds is 5. The van der Waals surface area contributed by atoms with Crippen molar-refractivity contribution in [2.24, 2.45) is 0 Å². The Balaban J connectivity index is 1.55. The topological polar surface area (TPSA) is 30.5 Å². The first-order valence-electron chi connectivity index (χ1n) is 6.14. The molecule has 0 saturated heterocycles. The number of halogens is 1. The van der Waals surface area contributed by atoms with Gasteiger partial charge in [-0.25, -0.2) is 0 Å². The SMILES string of the molecule is Brc1cc2c(cc1CNCCc1cccs1)OCO2. The van der Waals surface area contributed by atoms with Crippen LogP contribution in [-0.2, 0) is 13.0 Å². The molecular weight excluding hydrogens is 326 g/mol. The van der Waals surface area contributed by atoms with Crippen molar-refractivity contribution in [2.75, 3.05) is 13.3 Å². The third-order valence-electron chi connectivity index (χ3n) is 2.99. The lowest BCUT2D eigenvalue weighted by molar-refractivity contribution is 0.174. The van der Waals surface area contributed by atoms with Crippen LogP contribution < -0.4 is 14.8 Å². The molecule has 100 valence electrons. The van der Waals surface area contributed by atoms with Crippen LogP contribution in [0.3, 0.4) is 0 Å². The van der Waals surface area contributed by atoms with Crippen LogP contribution in [0.2, 0.25) is 0 Å². The van der Waals surface area contributed by atoms with Gasteiger partial charge in [0.2, 0.25) is 6.79 Å². The van der Waals surface area contributed by atoms with Crippen LogP contribution in [0.15, 0.2) is 34.1 Å². The molecule has 0 spiro atoms. The summed E-state index contributed by atoms with van der Waals surface area (Å²) in [7, 11) is 0. The average molecular weight is 340 g/mol. The molecule has 0 atom stereocenters. The molecule has 2 heterocycles. The molecule has 3 rings (SSSR count). The number of benzene rings is 1. The van der Waals surface area contributed by atoms with Gasteiger partial charge in [0.05, 0.1) is 0 Å². The lowest BCUT2D eigenvalue weighted by Crippen LogP contribution is -2.16. The van der Waals surface area contributed by atoms with Crippen LogP contribution in [-0.4, -0.2) is 13.3 Å². The van der Waals surface area contributed by atoms with Crippen molar-refractivity contribution in [3.8, 4) is 11.5 Å². The molecule has 0 fully saturated rings. The Bertz CT molecular complexity index is 557. The van der Waals surface area contributed by atoms with Gasteiger partial charge in [-0.1, -0.05) is 22.0 Å². The average Bonchev–Trinajstić information content (AvgIpc) is 3.05. The Kier molecular flexibility index (Phi) is 4.06. The van der Waals surface area contributed by atoms with Crippen LogP contribution in [0.1, 0.15) is 10.4 Å². The van der Waals surface area contributed by atoms with Gasteiger partial charge in [-0.05, 0) is 35.6 Å². The smallest absolute Gasteiger partial charge is 0.231 e. The Morgan fingerprint density at radius 2 is 2.11 bits per heavy atom. The molecule has 0 unspecified atom stereocenters. The molecule has 1 aliphatic heterocycles. The number of nitrogens with one attached hydrogen (secondary N) is 1. The van der Waals surface area contributed by atoms with Crippen LogP contribution in [0.4, 0.5) is 0 Å². The fourth-order valence-corrected chi connectivity index (χ4v) is 3.16. The molecule has 3 nitrogen and oxygen atoms in total. The zero-order valence-corrected chi connectivity index (χ0v) is 12.7. The van der Waals surface area contributed by atoms with E-state index in [-0.39, 0.29) is 0 Å². The van der Waals surface area contributed by atoms with Gasteiger partial charge in [-0.15, -0.1) is 11.3 Å². The van der Waals surface area contributed by atoms with Crippen molar-refractivity contribution in [2.45, 2.75) is 13.0 Å². The summed E-state index contributed by atoms with van der Waals surface area (Å²) in [5.41, 5.74) is 1.19. The molecule has 0 radical (unpaired) electrons. The molecule has 19 heavy (non-hydrogen) atoms. The highest BCUT2D eigenvalue weighted by atomic mass is 79.9. The Morgan fingerprint density at radius 3 is 2.89 bits per heavy atom. The van der Waals surface area contributed by atoms with E-state index in [1.807, 2.05) is 12.1 Å². The molecule has 0 bridgehead atoms. The van der Waals surface area contributed by atoms with Gasteiger partial charge in [0, 0.05) is 22.4 Å². The third-order valence-corrected chi connectivity index (χ3v) is 4.66. The highest BCUT2D eigenvalue weighted by molar-refractivity contribution is 9.10. The molecule has 0 aliphatic carbocycles. The van der Waals surface area contributed by atoms with Gasteiger partial charge in [-0.3, -0.25) is 0 Å². The van der Waals surface area contributed by atoms with Crippen molar-refractivity contribution in [1.82, 2.24) is 5.32 Å². The first-order valence-corrected chi connectivity index (χ1v) is 7.81. The molecule has 1 aliphatic rings. The van der Waals surface area contributed by atoms with E-state index in [9.17, 15) is 0 Å². The van der Waals surface area contributed by atoms with E-state index in [0.717, 1.165) is 35.5 Å². The normalized spacial score (nSPS) is 12.9. The first-order chi connectivity index (χ1) is 9.33. The summed E-state index contributed by atoms with van der Waals surface area (Å²) in [4.78, 5) is 1.41. The van der Waals surface area contributed by atoms with Crippen molar-refractivity contribution in [1.29, 1.82) is 0 Å². The molecule has 0 saturated carbocycles. The minimum absolute atomic E-state index is 0.317. The van der Waals surface area contributed by atoms with Gasteiger partial charge in [0.1, 0.15) is 0 Å². The second-order valence-corrected chi connectivity index (χ2v) is 6.19. The third kappa shape index (κ3) is 3.11. The zero-order chi connectivity index (χ0) is 13.1. The molecular formula is C14H14BrNO2S. The van der Waals surface area contributed by atoms with Crippen LogP contribution in [0.5, 0.6) is 11.5 Å². The lowest BCUT2D eigenvalue weighted by atomic mass is 10.2. The Morgan fingerprint density at radius 1 is 1.26 bits per heavy atom. The largest absolute Gasteiger partial charge is 0.454 e. The summed E-state index contributed by atoms with van der Waals surface area (Å²) in [6, 6.07) is 8.26. The van der Waals surface area contributed by atoms with Gasteiger partial charge in [-0.2, -0.15) is 0 Å². The van der Waals surface area contributed by atoms with Gasteiger partial charge in [0.25, 0.3) is 0 Å². The van der Waals surface area contributed by atoms with Crippen LogP contribution >= 0.6 is 27.3 Å². The predicted octanol–water partition coefficient (Wildman–Crippen LogP) is 3.57. The van der Waals surface area contributed by atoms with Gasteiger partial charge >= 0.3 is 0 Å². The maximum absolute atomic E-state index is 5.39. The van der Waals surface area contributed by atoms with Crippen LogP contribution in [0, 0.1) is 0 Å². The molecule has 0 amide bonds. The van der Waals surface area contributed by atoms with E-state index in [0.29, 0.717) is 6.79 Å². The minimum Gasteiger partial charge on any atom is -0.454 e. The molecule has 1 aromatic heterocycles. The summed E-state index contributed by atoms with van der Waals surface area (Å²) in [6.07, 6.45) is 1.07. The predicted molar refractivity (Wildman–Crippen MR) is 80.0 cm³/mol. The lowest BCUT2D eigenvalue weighted by Gasteiger charge is -2.08. The summed E-state index contributed by atoms with van der Waals surface area (Å²) < 4.78 is 11.8. The van der Waals surface area contributed by atoms with Crippen molar-refractivity contribution >= 4 is 27.3 Å². The molecule has 1 aromatic carbocycles. The molecule has 2 aromatic rings. The van der Waals surface area contributed by atoms with E-state index in [1.54, 1.807) is 11.3 Å². The van der Waals surface area contributed by atoms with E-state index < -0.39 is 0 Å². The quantitative estimate of drug-likeness (QED) is 0.844. The Labute approximate surface area is 124 Å². The van der Waals surface area contributed by atoms with E-state index in [2.05, 4.69) is 38.8 Å². The molecule has 1 N–H and O–H groups in total. The Hall–Kier alpha value is -1.04. The number of ether oxygens (including phenoxy) is 2. The molecule has 5 heteroatoms. The van der Waals surface area contributed by atoms with Crippen molar-refractivity contribution < 1.29 is 9.47 Å². The summed E-state index contributed by atoms with van der Waals surface area (Å²) >= 11 is 5.37. The monoisotopic (exact) mass is 339 g/mol. The van der Waals surface area contributed by atoms with Crippen LogP contribution in [0.25, 0.3) is 0 Å². The standard InChI is InChI=1S/C14H14BrNO2S/c15-12-7-14-13(17-9-18-14)6-10(12)8-16-4-3-11-2-1-5-19-11/h1-2,5-7,16H,3-4,8-9H2. The van der Waals surface area contributed by atoms with E-state index in [4.69, 9.17) is 9.47 Å². The highest BCUT2D eigenvalue weighted by Gasteiger charge is 2.15. The fraction of sp³-hybridized carbons (Fsp3) is 0.286. The fourth-order valence-electron chi connectivity index (χ4n) is 1.98. The van der Waals surface area contributed by atoms with Crippen molar-refractivity contribution in [3.63, 3.8) is 0 Å². The number of thiophene rings is 1. The number of hydrogen-bond acceptors (Lipinski definition) is 4. The zero-order valence-electron chi connectivity index (χ0n) is 10.3. The summed E-state index contributed by atoms with van der Waals surface area (Å²) in [6.45, 7) is 2.11. The van der Waals surface area contributed by atoms with Gasteiger partial charge < -0.3 is 14.8 Å². The number of fused-ring (bicyclic) bond motifs is 1. The van der Waals surface area contributed by atoms with E-state index in [1.165, 1.54) is 10.4 Å².